The Morgan fingerprint density at radius 3 is 2.44 bits per heavy atom. The van der Waals surface area contributed by atoms with Crippen molar-refractivity contribution in [3.05, 3.63) is 65.6 Å². The predicted octanol–water partition coefficient (Wildman–Crippen LogP) is 4.26. The highest BCUT2D eigenvalue weighted by molar-refractivity contribution is 7.89. The Bertz CT molecular complexity index is 1050. The largest absolute Gasteiger partial charge is 0.358 e. The van der Waals surface area contributed by atoms with Gasteiger partial charge in [0.1, 0.15) is 5.82 Å². The first kappa shape index (κ1) is 18.2. The van der Waals surface area contributed by atoms with Gasteiger partial charge >= 0.3 is 0 Å². The molecule has 0 bridgehead atoms. The van der Waals surface area contributed by atoms with Gasteiger partial charge < -0.3 is 4.98 Å². The molecule has 0 atom stereocenters. The third-order valence-electron chi connectivity index (χ3n) is 5.54. The molecule has 0 radical (unpaired) electrons. The number of halogens is 1. The molecule has 142 valence electrons. The number of para-hydroxylation sites is 1. The molecule has 1 N–H and O–H groups in total. The normalized spacial score (nSPS) is 16.8. The molecule has 0 spiro atoms. The monoisotopic (exact) mass is 386 g/mol. The van der Waals surface area contributed by atoms with E-state index in [4.69, 9.17) is 0 Å². The van der Waals surface area contributed by atoms with E-state index >= 15 is 0 Å². The van der Waals surface area contributed by atoms with E-state index in [-0.39, 0.29) is 4.90 Å². The minimum Gasteiger partial charge on any atom is -0.358 e. The van der Waals surface area contributed by atoms with Crippen molar-refractivity contribution in [1.82, 2.24) is 9.29 Å². The molecule has 1 aliphatic heterocycles. The molecule has 4 rings (SSSR count). The van der Waals surface area contributed by atoms with Crippen molar-refractivity contribution in [2.75, 3.05) is 13.1 Å². The van der Waals surface area contributed by atoms with Crippen molar-refractivity contribution in [2.45, 2.75) is 31.1 Å². The highest BCUT2D eigenvalue weighted by Crippen LogP contribution is 2.30. The Kier molecular flexibility index (Phi) is 4.78. The number of hydrogen-bond donors (Lipinski definition) is 1. The number of fused-ring (bicyclic) bond motifs is 1. The van der Waals surface area contributed by atoms with E-state index in [2.05, 4.69) is 30.1 Å². The van der Waals surface area contributed by atoms with Gasteiger partial charge in [-0.15, -0.1) is 0 Å². The molecule has 1 aromatic heterocycles. The zero-order valence-corrected chi connectivity index (χ0v) is 16.1. The molecule has 0 aliphatic carbocycles. The average Bonchev–Trinajstić information content (AvgIpc) is 2.98. The Morgan fingerprint density at radius 2 is 1.74 bits per heavy atom. The third kappa shape index (κ3) is 3.51. The Labute approximate surface area is 159 Å². The van der Waals surface area contributed by atoms with Crippen molar-refractivity contribution in [2.24, 2.45) is 5.92 Å². The van der Waals surface area contributed by atoms with E-state index in [1.165, 1.54) is 45.2 Å². The van der Waals surface area contributed by atoms with Crippen molar-refractivity contribution in [3.8, 4) is 0 Å². The zero-order chi connectivity index (χ0) is 19.0. The van der Waals surface area contributed by atoms with Crippen LogP contribution in [0.5, 0.6) is 0 Å². The number of sulfonamides is 1. The Morgan fingerprint density at radius 1 is 1.07 bits per heavy atom. The number of aromatic amines is 1. The molecule has 0 unspecified atom stereocenters. The molecular weight excluding hydrogens is 363 g/mol. The summed E-state index contributed by atoms with van der Waals surface area (Å²) in [4.78, 5) is 3.60. The number of nitrogens with one attached hydrogen (secondary N) is 1. The van der Waals surface area contributed by atoms with Gasteiger partial charge in [0, 0.05) is 29.7 Å². The quantitative estimate of drug-likeness (QED) is 0.728. The fourth-order valence-corrected chi connectivity index (χ4v) is 5.47. The minimum atomic E-state index is -3.55. The lowest BCUT2D eigenvalue weighted by molar-refractivity contribution is 0.273. The first-order chi connectivity index (χ1) is 12.9. The van der Waals surface area contributed by atoms with Gasteiger partial charge in [0.2, 0.25) is 10.0 Å². The highest BCUT2D eigenvalue weighted by Gasteiger charge is 2.30. The van der Waals surface area contributed by atoms with E-state index in [1.807, 2.05) is 6.07 Å². The fourth-order valence-electron chi connectivity index (χ4n) is 4.00. The molecule has 3 aromatic rings. The third-order valence-corrected chi connectivity index (χ3v) is 7.46. The summed E-state index contributed by atoms with van der Waals surface area (Å²) in [6.07, 6.45) is 2.62. The Balaban J connectivity index is 1.46. The number of piperidine rings is 1. The summed E-state index contributed by atoms with van der Waals surface area (Å²) in [7, 11) is -3.55. The van der Waals surface area contributed by atoms with Gasteiger partial charge in [-0.3, -0.25) is 0 Å². The number of aryl methyl sites for hydroxylation is 1. The van der Waals surface area contributed by atoms with Crippen LogP contribution >= 0.6 is 0 Å². The van der Waals surface area contributed by atoms with Gasteiger partial charge in [-0.1, -0.05) is 18.2 Å². The molecule has 27 heavy (non-hydrogen) atoms. The number of hydrogen-bond acceptors (Lipinski definition) is 2. The summed E-state index contributed by atoms with van der Waals surface area (Å²) in [6, 6.07) is 13.4. The van der Waals surface area contributed by atoms with Crippen LogP contribution in [0.4, 0.5) is 4.39 Å². The molecule has 0 saturated carbocycles. The molecule has 0 amide bonds. The lowest BCUT2D eigenvalue weighted by Gasteiger charge is -2.31. The SMILES string of the molecule is Cc1[nH]c2ccccc2c1CC1CCN(S(=O)(=O)c2ccc(F)cc2)CC1. The predicted molar refractivity (Wildman–Crippen MR) is 105 cm³/mol. The van der Waals surface area contributed by atoms with Gasteiger partial charge in [0.25, 0.3) is 0 Å². The van der Waals surface area contributed by atoms with Gasteiger partial charge in [-0.05, 0) is 68.0 Å². The molecule has 2 heterocycles. The smallest absolute Gasteiger partial charge is 0.243 e. The lowest BCUT2D eigenvalue weighted by atomic mass is 9.90. The fraction of sp³-hybridized carbons (Fsp3) is 0.333. The van der Waals surface area contributed by atoms with Crippen LogP contribution in [0.15, 0.2) is 53.4 Å². The summed E-state index contributed by atoms with van der Waals surface area (Å²) in [5.41, 5.74) is 3.68. The van der Waals surface area contributed by atoms with Crippen LogP contribution in [0, 0.1) is 18.7 Å². The number of benzene rings is 2. The van der Waals surface area contributed by atoms with Crippen molar-refractivity contribution < 1.29 is 12.8 Å². The van der Waals surface area contributed by atoms with E-state index in [9.17, 15) is 12.8 Å². The van der Waals surface area contributed by atoms with Gasteiger partial charge in [-0.2, -0.15) is 4.31 Å². The van der Waals surface area contributed by atoms with E-state index in [1.54, 1.807) is 0 Å². The van der Waals surface area contributed by atoms with E-state index in [0.29, 0.717) is 19.0 Å². The van der Waals surface area contributed by atoms with Crippen LogP contribution in [0.25, 0.3) is 10.9 Å². The minimum absolute atomic E-state index is 0.162. The average molecular weight is 386 g/mol. The molecule has 1 fully saturated rings. The second kappa shape index (κ2) is 7.09. The molecule has 4 nitrogen and oxygen atoms in total. The second-order valence-electron chi connectivity index (χ2n) is 7.28. The molecular formula is C21H23FN2O2S. The van der Waals surface area contributed by atoms with Crippen LogP contribution in [0.2, 0.25) is 0 Å². The summed E-state index contributed by atoms with van der Waals surface area (Å²) in [6.45, 7) is 3.11. The van der Waals surface area contributed by atoms with Crippen LogP contribution in [-0.4, -0.2) is 30.8 Å². The van der Waals surface area contributed by atoms with Gasteiger partial charge in [-0.25, -0.2) is 12.8 Å². The number of rotatable bonds is 4. The summed E-state index contributed by atoms with van der Waals surface area (Å²) in [5.74, 6) is 0.0318. The standard InChI is InChI=1S/C21H23FN2O2S/c1-15-20(19-4-2-3-5-21(19)23-15)14-16-10-12-24(13-11-16)27(25,26)18-8-6-17(22)7-9-18/h2-9,16,23H,10-14H2,1H3. The summed E-state index contributed by atoms with van der Waals surface area (Å²) in [5, 5.41) is 1.26. The van der Waals surface area contributed by atoms with E-state index < -0.39 is 15.8 Å². The zero-order valence-electron chi connectivity index (χ0n) is 15.3. The second-order valence-corrected chi connectivity index (χ2v) is 9.22. The van der Waals surface area contributed by atoms with Crippen LogP contribution < -0.4 is 0 Å². The Hall–Kier alpha value is -2.18. The highest BCUT2D eigenvalue weighted by atomic mass is 32.2. The molecule has 1 aliphatic rings. The van der Waals surface area contributed by atoms with Crippen molar-refractivity contribution >= 4 is 20.9 Å². The topological polar surface area (TPSA) is 53.2 Å². The molecule has 2 aromatic carbocycles. The van der Waals surface area contributed by atoms with Gasteiger partial charge in [0.15, 0.2) is 0 Å². The van der Waals surface area contributed by atoms with E-state index in [0.717, 1.165) is 24.8 Å². The van der Waals surface area contributed by atoms with Crippen molar-refractivity contribution in [1.29, 1.82) is 0 Å². The molecule has 1 saturated heterocycles. The summed E-state index contributed by atoms with van der Waals surface area (Å²) >= 11 is 0. The lowest BCUT2D eigenvalue weighted by Crippen LogP contribution is -2.38. The first-order valence-corrected chi connectivity index (χ1v) is 10.7. The number of H-pyrrole nitrogens is 1. The van der Waals surface area contributed by atoms with Crippen molar-refractivity contribution in [3.63, 3.8) is 0 Å². The maximum atomic E-state index is 13.1. The van der Waals surface area contributed by atoms with Crippen LogP contribution in [-0.2, 0) is 16.4 Å². The number of nitrogens with zero attached hydrogens (tertiary/aromatic N) is 1. The molecule has 6 heteroatoms. The van der Waals surface area contributed by atoms with Crippen LogP contribution in [0.3, 0.4) is 0 Å². The maximum absolute atomic E-state index is 13.1. The first-order valence-electron chi connectivity index (χ1n) is 9.27. The van der Waals surface area contributed by atoms with Crippen LogP contribution in [0.1, 0.15) is 24.1 Å². The van der Waals surface area contributed by atoms with Gasteiger partial charge in [0.05, 0.1) is 4.90 Å². The number of aromatic nitrogens is 1. The maximum Gasteiger partial charge on any atom is 0.243 e. The summed E-state index contributed by atoms with van der Waals surface area (Å²) < 4.78 is 40.1.